The zero-order chi connectivity index (χ0) is 20.2. The number of hydrogen-bond acceptors (Lipinski definition) is 4. The van der Waals surface area contributed by atoms with Gasteiger partial charge >= 0.3 is 6.09 Å². The summed E-state index contributed by atoms with van der Waals surface area (Å²) in [6.07, 6.45) is 3.61. The number of aromatic nitrogens is 3. The van der Waals surface area contributed by atoms with E-state index in [2.05, 4.69) is 20.3 Å². The number of carbonyl (C=O) groups excluding carboxylic acids is 1. The molecule has 0 radical (unpaired) electrons. The number of imidazole rings is 1. The summed E-state index contributed by atoms with van der Waals surface area (Å²) in [6.45, 7) is 0.463. The molecule has 4 aromatic rings. The van der Waals surface area contributed by atoms with Crippen LogP contribution < -0.4 is 10.1 Å². The highest BCUT2D eigenvalue weighted by molar-refractivity contribution is 6.39. The fraction of sp³-hybridized carbons (Fsp3) is 0.0952. The van der Waals surface area contributed by atoms with Crippen molar-refractivity contribution in [2.75, 3.05) is 6.54 Å². The number of aromatic amines is 1. The Morgan fingerprint density at radius 1 is 1.07 bits per heavy atom. The molecule has 6 nitrogen and oxygen atoms in total. The van der Waals surface area contributed by atoms with Gasteiger partial charge in [0.05, 0.1) is 26.6 Å². The molecule has 0 saturated heterocycles. The minimum atomic E-state index is -0.521. The van der Waals surface area contributed by atoms with Crippen molar-refractivity contribution in [3.63, 3.8) is 0 Å². The van der Waals surface area contributed by atoms with E-state index in [1.807, 2.05) is 12.1 Å². The Labute approximate surface area is 176 Å². The van der Waals surface area contributed by atoms with E-state index in [1.165, 1.54) is 0 Å². The molecule has 0 aliphatic carbocycles. The minimum absolute atomic E-state index is 0.402. The van der Waals surface area contributed by atoms with E-state index in [0.29, 0.717) is 51.2 Å². The molecular formula is C21H16Cl2N4O2. The molecular weight excluding hydrogens is 411 g/mol. The van der Waals surface area contributed by atoms with Gasteiger partial charge in [-0.1, -0.05) is 29.3 Å². The highest BCUT2D eigenvalue weighted by Gasteiger charge is 2.13. The summed E-state index contributed by atoms with van der Waals surface area (Å²) in [5.74, 6) is 0.953. The number of nitrogens with one attached hydrogen (secondary N) is 2. The van der Waals surface area contributed by atoms with Crippen LogP contribution in [0.2, 0.25) is 10.0 Å². The van der Waals surface area contributed by atoms with Crippen molar-refractivity contribution in [3.05, 3.63) is 76.5 Å². The number of ether oxygens (including phenoxy) is 1. The maximum absolute atomic E-state index is 12.0. The topological polar surface area (TPSA) is 79.9 Å². The Kier molecular flexibility index (Phi) is 5.64. The molecule has 0 aliphatic rings. The molecule has 2 aromatic heterocycles. The summed E-state index contributed by atoms with van der Waals surface area (Å²) in [6, 6.07) is 14.2. The second-order valence-electron chi connectivity index (χ2n) is 6.28. The number of benzene rings is 2. The molecule has 1 amide bonds. The van der Waals surface area contributed by atoms with E-state index in [4.69, 9.17) is 27.9 Å². The van der Waals surface area contributed by atoms with Crippen LogP contribution in [-0.4, -0.2) is 27.6 Å². The maximum Gasteiger partial charge on any atom is 0.412 e. The van der Waals surface area contributed by atoms with Gasteiger partial charge in [-0.15, -0.1) is 0 Å². The number of hydrogen-bond donors (Lipinski definition) is 2. The van der Waals surface area contributed by atoms with Crippen molar-refractivity contribution in [2.24, 2.45) is 0 Å². The van der Waals surface area contributed by atoms with Gasteiger partial charge in [-0.2, -0.15) is 0 Å². The second kappa shape index (κ2) is 8.51. The molecule has 4 rings (SSSR count). The van der Waals surface area contributed by atoms with Crippen molar-refractivity contribution in [2.45, 2.75) is 6.42 Å². The van der Waals surface area contributed by atoms with Crippen LogP contribution in [0.25, 0.3) is 22.4 Å². The molecule has 0 bridgehead atoms. The SMILES string of the molecule is O=C(NCCc1ccncc1)Oc1ccc2nc(-c3c(Cl)cccc3Cl)[nH]c2c1. The molecule has 0 fully saturated rings. The van der Waals surface area contributed by atoms with E-state index < -0.39 is 6.09 Å². The fourth-order valence-corrected chi connectivity index (χ4v) is 3.47. The smallest absolute Gasteiger partial charge is 0.410 e. The monoisotopic (exact) mass is 426 g/mol. The van der Waals surface area contributed by atoms with Gasteiger partial charge < -0.3 is 15.0 Å². The molecule has 2 aromatic carbocycles. The van der Waals surface area contributed by atoms with E-state index in [1.54, 1.807) is 48.8 Å². The van der Waals surface area contributed by atoms with E-state index in [0.717, 1.165) is 5.56 Å². The van der Waals surface area contributed by atoms with Gasteiger partial charge in [0.15, 0.2) is 0 Å². The molecule has 0 saturated carbocycles. The first kappa shape index (κ1) is 19.2. The largest absolute Gasteiger partial charge is 0.412 e. The van der Waals surface area contributed by atoms with Crippen LogP contribution in [0.5, 0.6) is 5.75 Å². The number of rotatable bonds is 5. The van der Waals surface area contributed by atoms with Crippen molar-refractivity contribution in [1.82, 2.24) is 20.3 Å². The normalized spacial score (nSPS) is 10.8. The van der Waals surface area contributed by atoms with Gasteiger partial charge in [0.2, 0.25) is 0 Å². The molecule has 0 aliphatic heterocycles. The third-order valence-corrected chi connectivity index (χ3v) is 4.93. The molecule has 146 valence electrons. The van der Waals surface area contributed by atoms with Gasteiger partial charge in [-0.25, -0.2) is 9.78 Å². The zero-order valence-corrected chi connectivity index (χ0v) is 16.7. The lowest BCUT2D eigenvalue weighted by Crippen LogP contribution is -2.28. The average molecular weight is 427 g/mol. The predicted octanol–water partition coefficient (Wildman–Crippen LogP) is 5.26. The van der Waals surface area contributed by atoms with E-state index in [9.17, 15) is 4.79 Å². The van der Waals surface area contributed by atoms with Crippen LogP contribution in [0.4, 0.5) is 4.79 Å². The first-order chi connectivity index (χ1) is 14.1. The summed E-state index contributed by atoms with van der Waals surface area (Å²) in [5.41, 5.74) is 3.13. The van der Waals surface area contributed by atoms with Crippen LogP contribution in [-0.2, 0) is 6.42 Å². The number of carbonyl (C=O) groups is 1. The van der Waals surface area contributed by atoms with Gasteiger partial charge in [-0.3, -0.25) is 4.98 Å². The Morgan fingerprint density at radius 2 is 1.83 bits per heavy atom. The summed E-state index contributed by atoms with van der Waals surface area (Å²) < 4.78 is 5.36. The van der Waals surface area contributed by atoms with Crippen molar-refractivity contribution in [1.29, 1.82) is 0 Å². The fourth-order valence-electron chi connectivity index (χ4n) is 2.90. The lowest BCUT2D eigenvalue weighted by atomic mass is 10.2. The molecule has 0 unspecified atom stereocenters. The van der Waals surface area contributed by atoms with Crippen LogP contribution >= 0.6 is 23.2 Å². The van der Waals surface area contributed by atoms with Gasteiger partial charge in [0.25, 0.3) is 0 Å². The Morgan fingerprint density at radius 3 is 2.59 bits per heavy atom. The number of pyridine rings is 1. The Bertz CT molecular complexity index is 1140. The quantitative estimate of drug-likeness (QED) is 0.455. The number of fused-ring (bicyclic) bond motifs is 1. The summed E-state index contributed by atoms with van der Waals surface area (Å²) in [5, 5.41) is 3.73. The lowest BCUT2D eigenvalue weighted by molar-refractivity contribution is 0.200. The lowest BCUT2D eigenvalue weighted by Gasteiger charge is -2.06. The third-order valence-electron chi connectivity index (χ3n) is 4.30. The number of amides is 1. The van der Waals surface area contributed by atoms with Crippen molar-refractivity contribution in [3.8, 4) is 17.1 Å². The minimum Gasteiger partial charge on any atom is -0.410 e. The van der Waals surface area contributed by atoms with E-state index >= 15 is 0 Å². The van der Waals surface area contributed by atoms with Crippen molar-refractivity contribution < 1.29 is 9.53 Å². The van der Waals surface area contributed by atoms with Gasteiger partial charge in [0.1, 0.15) is 11.6 Å². The third kappa shape index (κ3) is 4.50. The summed E-state index contributed by atoms with van der Waals surface area (Å²) in [7, 11) is 0. The highest BCUT2D eigenvalue weighted by Crippen LogP contribution is 2.34. The van der Waals surface area contributed by atoms with Crippen LogP contribution in [0.15, 0.2) is 60.9 Å². The van der Waals surface area contributed by atoms with Crippen LogP contribution in [0.3, 0.4) is 0 Å². The highest BCUT2D eigenvalue weighted by atomic mass is 35.5. The van der Waals surface area contributed by atoms with Crippen LogP contribution in [0.1, 0.15) is 5.56 Å². The van der Waals surface area contributed by atoms with Gasteiger partial charge in [-0.05, 0) is 48.4 Å². The maximum atomic E-state index is 12.0. The molecule has 29 heavy (non-hydrogen) atoms. The van der Waals surface area contributed by atoms with E-state index in [-0.39, 0.29) is 0 Å². The zero-order valence-electron chi connectivity index (χ0n) is 15.2. The number of halogens is 2. The molecule has 8 heteroatoms. The predicted molar refractivity (Wildman–Crippen MR) is 114 cm³/mol. The molecule has 0 atom stereocenters. The van der Waals surface area contributed by atoms with Gasteiger partial charge in [0, 0.05) is 25.0 Å². The molecule has 0 spiro atoms. The van der Waals surface area contributed by atoms with Crippen molar-refractivity contribution >= 4 is 40.3 Å². The molecule has 2 heterocycles. The second-order valence-corrected chi connectivity index (χ2v) is 7.10. The summed E-state index contributed by atoms with van der Waals surface area (Å²) >= 11 is 12.5. The number of nitrogens with zero attached hydrogens (tertiary/aromatic N) is 2. The average Bonchev–Trinajstić information content (AvgIpc) is 3.11. The standard InChI is InChI=1S/C21H16Cl2N4O2/c22-15-2-1-3-16(23)19(15)20-26-17-5-4-14(12-18(17)27-20)29-21(28)25-11-8-13-6-9-24-10-7-13/h1-7,9-10,12H,8,11H2,(H,25,28)(H,26,27). The number of H-pyrrole nitrogens is 1. The molecule has 2 N–H and O–H groups in total. The first-order valence-corrected chi connectivity index (χ1v) is 9.64. The summed E-state index contributed by atoms with van der Waals surface area (Å²) in [4.78, 5) is 23.7. The Hall–Kier alpha value is -3.09. The Balaban J connectivity index is 1.44. The van der Waals surface area contributed by atoms with Crippen LogP contribution in [0, 0.1) is 0 Å². The first-order valence-electron chi connectivity index (χ1n) is 8.89.